The van der Waals surface area contributed by atoms with Gasteiger partial charge in [0.1, 0.15) is 5.75 Å². The van der Waals surface area contributed by atoms with Crippen molar-refractivity contribution in [3.63, 3.8) is 0 Å². The van der Waals surface area contributed by atoms with E-state index in [1.165, 1.54) is 0 Å². The molecule has 0 radical (unpaired) electrons. The van der Waals surface area contributed by atoms with Crippen molar-refractivity contribution in [2.24, 2.45) is 0 Å². The van der Waals surface area contributed by atoms with Crippen LogP contribution in [0.2, 0.25) is 0 Å². The summed E-state index contributed by atoms with van der Waals surface area (Å²) in [6.07, 6.45) is 1.08. The van der Waals surface area contributed by atoms with Crippen LogP contribution in [-0.4, -0.2) is 19.8 Å². The Hall–Kier alpha value is -2.21. The molecule has 2 aromatic carbocycles. The van der Waals surface area contributed by atoms with Crippen LogP contribution in [-0.2, 0) is 10.0 Å². The summed E-state index contributed by atoms with van der Waals surface area (Å²) in [6, 6.07) is 11.8. The van der Waals surface area contributed by atoms with Crippen LogP contribution >= 0.6 is 0 Å². The summed E-state index contributed by atoms with van der Waals surface area (Å²) >= 11 is 0. The Labute approximate surface area is 111 Å². The molecule has 19 heavy (non-hydrogen) atoms. The molecule has 5 nitrogen and oxygen atoms in total. The van der Waals surface area contributed by atoms with Crippen molar-refractivity contribution < 1.29 is 13.5 Å². The van der Waals surface area contributed by atoms with Gasteiger partial charge in [-0.25, -0.2) is 8.42 Å². The second kappa shape index (κ2) is 4.81. The first kappa shape index (κ1) is 13.2. The maximum Gasteiger partial charge on any atom is 0.229 e. The van der Waals surface area contributed by atoms with Gasteiger partial charge in [-0.05, 0) is 23.8 Å². The molecule has 0 atom stereocenters. The molecule has 0 unspecified atom stereocenters. The summed E-state index contributed by atoms with van der Waals surface area (Å²) in [6.45, 7) is 0. The zero-order valence-corrected chi connectivity index (χ0v) is 11.1. The van der Waals surface area contributed by atoms with Crippen molar-refractivity contribution in [3.05, 3.63) is 42.5 Å². The lowest BCUT2D eigenvalue weighted by atomic mass is 10.0. The lowest BCUT2D eigenvalue weighted by Crippen LogP contribution is -2.09. The Kier molecular flexibility index (Phi) is 3.35. The van der Waals surface area contributed by atoms with E-state index in [1.54, 1.807) is 42.5 Å². The zero-order chi connectivity index (χ0) is 14.0. The fourth-order valence-electron chi connectivity index (χ4n) is 1.76. The number of rotatable bonds is 3. The Morgan fingerprint density at radius 1 is 1.16 bits per heavy atom. The largest absolute Gasteiger partial charge is 0.505 e. The van der Waals surface area contributed by atoms with Gasteiger partial charge < -0.3 is 10.8 Å². The van der Waals surface area contributed by atoms with E-state index in [-0.39, 0.29) is 11.4 Å². The molecule has 0 fully saturated rings. The van der Waals surface area contributed by atoms with Crippen molar-refractivity contribution in [2.45, 2.75) is 0 Å². The van der Waals surface area contributed by atoms with Crippen LogP contribution in [0.1, 0.15) is 0 Å². The number of phenolic OH excluding ortho intramolecular Hbond substituents is 1. The molecule has 0 spiro atoms. The third-order valence-corrected chi connectivity index (χ3v) is 3.15. The molecule has 0 aliphatic rings. The van der Waals surface area contributed by atoms with Gasteiger partial charge in [-0.3, -0.25) is 4.72 Å². The molecule has 0 heterocycles. The Morgan fingerprint density at radius 3 is 2.53 bits per heavy atom. The SMILES string of the molecule is CS(=O)(=O)Nc1cccc(-c2cccc(N)c2O)c1. The van der Waals surface area contributed by atoms with Crippen LogP contribution in [0.4, 0.5) is 11.4 Å². The number of hydrogen-bond donors (Lipinski definition) is 3. The van der Waals surface area contributed by atoms with Gasteiger partial charge in [0, 0.05) is 11.3 Å². The maximum atomic E-state index is 11.2. The van der Waals surface area contributed by atoms with Gasteiger partial charge in [0.2, 0.25) is 10.0 Å². The van der Waals surface area contributed by atoms with E-state index < -0.39 is 10.0 Å². The number of hydrogen-bond acceptors (Lipinski definition) is 4. The van der Waals surface area contributed by atoms with E-state index in [1.807, 2.05) is 0 Å². The minimum absolute atomic E-state index is 0.0148. The molecule has 0 saturated heterocycles. The monoisotopic (exact) mass is 278 g/mol. The molecule has 100 valence electrons. The van der Waals surface area contributed by atoms with E-state index in [0.717, 1.165) is 6.26 Å². The Morgan fingerprint density at radius 2 is 1.84 bits per heavy atom. The second-order valence-electron chi connectivity index (χ2n) is 4.20. The smallest absolute Gasteiger partial charge is 0.229 e. The fraction of sp³-hybridized carbons (Fsp3) is 0.0769. The van der Waals surface area contributed by atoms with Crippen molar-refractivity contribution in [2.75, 3.05) is 16.7 Å². The molecule has 0 saturated carbocycles. The fourth-order valence-corrected chi connectivity index (χ4v) is 2.31. The number of sulfonamides is 1. The second-order valence-corrected chi connectivity index (χ2v) is 5.95. The van der Waals surface area contributed by atoms with Gasteiger partial charge in [-0.1, -0.05) is 24.3 Å². The van der Waals surface area contributed by atoms with Crippen LogP contribution in [0.5, 0.6) is 5.75 Å². The first-order chi connectivity index (χ1) is 8.87. The summed E-state index contributed by atoms with van der Waals surface area (Å²) in [4.78, 5) is 0. The number of anilines is 2. The third kappa shape index (κ3) is 3.17. The van der Waals surface area contributed by atoms with E-state index >= 15 is 0 Å². The van der Waals surface area contributed by atoms with Gasteiger partial charge >= 0.3 is 0 Å². The van der Waals surface area contributed by atoms with E-state index in [2.05, 4.69) is 4.72 Å². The standard InChI is InChI=1S/C13H14N2O3S/c1-19(17,18)15-10-5-2-4-9(8-10)11-6-3-7-12(14)13(11)16/h2-8,15-16H,14H2,1H3. The topological polar surface area (TPSA) is 92.4 Å². The molecular weight excluding hydrogens is 264 g/mol. The molecule has 0 aliphatic heterocycles. The number of nitrogens with two attached hydrogens (primary N) is 1. The molecule has 0 amide bonds. The molecule has 0 bridgehead atoms. The van der Waals surface area contributed by atoms with Crippen molar-refractivity contribution >= 4 is 21.4 Å². The average Bonchev–Trinajstić information content (AvgIpc) is 2.31. The van der Waals surface area contributed by atoms with Gasteiger partial charge in [0.15, 0.2) is 0 Å². The van der Waals surface area contributed by atoms with Crippen LogP contribution in [0.15, 0.2) is 42.5 Å². The highest BCUT2D eigenvalue weighted by atomic mass is 32.2. The minimum Gasteiger partial charge on any atom is -0.505 e. The normalized spacial score (nSPS) is 11.2. The summed E-state index contributed by atoms with van der Waals surface area (Å²) in [5, 5.41) is 9.91. The number of aromatic hydroxyl groups is 1. The average molecular weight is 278 g/mol. The lowest BCUT2D eigenvalue weighted by molar-refractivity contribution is 0.480. The summed E-state index contributed by atoms with van der Waals surface area (Å²) in [5.74, 6) is -0.0148. The third-order valence-electron chi connectivity index (χ3n) is 2.54. The van der Waals surface area contributed by atoms with E-state index in [0.29, 0.717) is 16.8 Å². The summed E-state index contributed by atoms with van der Waals surface area (Å²) in [5.41, 5.74) is 7.58. The van der Waals surface area contributed by atoms with Gasteiger partial charge in [0.05, 0.1) is 11.9 Å². The number of para-hydroxylation sites is 1. The lowest BCUT2D eigenvalue weighted by Gasteiger charge is -2.09. The van der Waals surface area contributed by atoms with E-state index in [9.17, 15) is 13.5 Å². The van der Waals surface area contributed by atoms with Gasteiger partial charge in [0.25, 0.3) is 0 Å². The number of benzene rings is 2. The zero-order valence-electron chi connectivity index (χ0n) is 10.3. The van der Waals surface area contributed by atoms with E-state index in [4.69, 9.17) is 5.73 Å². The van der Waals surface area contributed by atoms with Crippen molar-refractivity contribution in [1.82, 2.24) is 0 Å². The molecule has 6 heteroatoms. The maximum absolute atomic E-state index is 11.2. The molecule has 2 rings (SSSR count). The molecular formula is C13H14N2O3S. The molecule has 0 aliphatic carbocycles. The quantitative estimate of drug-likeness (QED) is 0.591. The minimum atomic E-state index is -3.33. The van der Waals surface area contributed by atoms with Crippen LogP contribution in [0, 0.1) is 0 Å². The van der Waals surface area contributed by atoms with Crippen molar-refractivity contribution in [3.8, 4) is 16.9 Å². The molecule has 2 aromatic rings. The van der Waals surface area contributed by atoms with Crippen LogP contribution < -0.4 is 10.5 Å². The molecule has 0 aromatic heterocycles. The Bertz CT molecular complexity index is 712. The van der Waals surface area contributed by atoms with Gasteiger partial charge in [-0.2, -0.15) is 0 Å². The first-order valence-corrected chi connectivity index (χ1v) is 7.41. The number of phenols is 1. The van der Waals surface area contributed by atoms with Crippen LogP contribution in [0.25, 0.3) is 11.1 Å². The summed E-state index contributed by atoms with van der Waals surface area (Å²) < 4.78 is 24.8. The first-order valence-electron chi connectivity index (χ1n) is 5.52. The van der Waals surface area contributed by atoms with Gasteiger partial charge in [-0.15, -0.1) is 0 Å². The highest BCUT2D eigenvalue weighted by Crippen LogP contribution is 2.34. The number of nitrogen functional groups attached to an aromatic ring is 1. The summed E-state index contributed by atoms with van der Waals surface area (Å²) in [7, 11) is -3.33. The van der Waals surface area contributed by atoms with Crippen LogP contribution in [0.3, 0.4) is 0 Å². The predicted octanol–water partition coefficient (Wildman–Crippen LogP) is 2.01. The number of nitrogens with one attached hydrogen (secondary N) is 1. The highest BCUT2D eigenvalue weighted by molar-refractivity contribution is 7.92. The van der Waals surface area contributed by atoms with Crippen molar-refractivity contribution in [1.29, 1.82) is 0 Å². The predicted molar refractivity (Wildman–Crippen MR) is 76.4 cm³/mol. The Balaban J connectivity index is 2.46. The molecule has 4 N–H and O–H groups in total. The highest BCUT2D eigenvalue weighted by Gasteiger charge is 2.08.